The summed E-state index contributed by atoms with van der Waals surface area (Å²) >= 11 is 1.88. The minimum atomic E-state index is -0.451. The number of aliphatic hydroxyl groups is 1. The fourth-order valence-corrected chi connectivity index (χ4v) is 4.29. The lowest BCUT2D eigenvalue weighted by molar-refractivity contribution is 0.0811. The van der Waals surface area contributed by atoms with Crippen molar-refractivity contribution in [3.63, 3.8) is 0 Å². The maximum atomic E-state index is 12.5. The maximum Gasteiger partial charge on any atom is 0.272 e. The number of thioether (sulfide) groups is 1. The molecule has 5 nitrogen and oxygen atoms in total. The van der Waals surface area contributed by atoms with Gasteiger partial charge in [-0.25, -0.2) is 4.98 Å². The van der Waals surface area contributed by atoms with Crippen LogP contribution in [0.15, 0.2) is 6.33 Å². The third-order valence-corrected chi connectivity index (χ3v) is 5.34. The molecule has 6 heteroatoms. The first kappa shape index (κ1) is 13.9. The van der Waals surface area contributed by atoms with Gasteiger partial charge in [-0.15, -0.1) is 0 Å². The van der Waals surface area contributed by atoms with Crippen molar-refractivity contribution in [1.82, 2.24) is 14.9 Å². The van der Waals surface area contributed by atoms with Crippen LogP contribution in [0.2, 0.25) is 0 Å². The number of carbonyl (C=O) groups is 1. The highest BCUT2D eigenvalue weighted by Crippen LogP contribution is 2.27. The topological polar surface area (TPSA) is 67.2 Å². The number of imidazole rings is 1. The molecule has 3 heterocycles. The van der Waals surface area contributed by atoms with Crippen LogP contribution in [0.3, 0.4) is 0 Å². The first-order valence-electron chi connectivity index (χ1n) is 7.29. The Morgan fingerprint density at radius 2 is 2.25 bits per heavy atom. The smallest absolute Gasteiger partial charge is 0.272 e. The summed E-state index contributed by atoms with van der Waals surface area (Å²) in [5, 5.41) is 12.7. The van der Waals surface area contributed by atoms with Crippen LogP contribution in [-0.4, -0.2) is 44.2 Å². The van der Waals surface area contributed by atoms with Gasteiger partial charge >= 0.3 is 0 Å². The molecule has 0 aliphatic carbocycles. The molecular weight excluding hydrogens is 274 g/mol. The van der Waals surface area contributed by atoms with Gasteiger partial charge in [0.05, 0.1) is 24.2 Å². The summed E-state index contributed by atoms with van der Waals surface area (Å²) in [7, 11) is 0. The fourth-order valence-electron chi connectivity index (χ4n) is 3.01. The highest BCUT2D eigenvalue weighted by atomic mass is 32.2. The number of fused-ring (bicyclic) bond motifs is 1. The zero-order valence-electron chi connectivity index (χ0n) is 11.6. The number of rotatable bonds is 3. The van der Waals surface area contributed by atoms with E-state index in [1.165, 1.54) is 0 Å². The summed E-state index contributed by atoms with van der Waals surface area (Å²) in [6.45, 7) is 0.965. The van der Waals surface area contributed by atoms with E-state index in [0.29, 0.717) is 5.69 Å². The van der Waals surface area contributed by atoms with Gasteiger partial charge in [0, 0.05) is 6.54 Å². The normalized spacial score (nSPS) is 21.2. The zero-order valence-corrected chi connectivity index (χ0v) is 12.4. The van der Waals surface area contributed by atoms with Crippen molar-refractivity contribution >= 4 is 17.7 Å². The first-order valence-corrected chi connectivity index (χ1v) is 8.45. The maximum absolute atomic E-state index is 12.5. The molecule has 2 aliphatic heterocycles. The molecule has 0 radical (unpaired) electrons. The van der Waals surface area contributed by atoms with Crippen molar-refractivity contribution in [2.75, 3.05) is 18.1 Å². The fraction of sp³-hybridized carbons (Fsp3) is 0.714. The molecule has 2 N–H and O–H groups in total. The van der Waals surface area contributed by atoms with Crippen molar-refractivity contribution in [3.8, 4) is 0 Å². The first-order chi connectivity index (χ1) is 9.74. The van der Waals surface area contributed by atoms with E-state index >= 15 is 0 Å². The molecular formula is C14H21N3O2S. The van der Waals surface area contributed by atoms with E-state index in [-0.39, 0.29) is 12.5 Å². The van der Waals surface area contributed by atoms with Crippen molar-refractivity contribution in [2.45, 2.75) is 44.2 Å². The van der Waals surface area contributed by atoms with Crippen molar-refractivity contribution in [2.24, 2.45) is 0 Å². The SMILES string of the molecule is O=C(NC1(CO)CCSCC1)c1ncn2c1CCCC2. The molecule has 1 aromatic rings. The number of hydrogen-bond donors (Lipinski definition) is 2. The van der Waals surface area contributed by atoms with Crippen molar-refractivity contribution in [3.05, 3.63) is 17.7 Å². The van der Waals surface area contributed by atoms with Crippen LogP contribution in [0, 0.1) is 0 Å². The van der Waals surface area contributed by atoms with Crippen LogP contribution in [-0.2, 0) is 13.0 Å². The summed E-state index contributed by atoms with van der Waals surface area (Å²) in [6, 6.07) is 0. The van der Waals surface area contributed by atoms with Crippen LogP contribution >= 0.6 is 11.8 Å². The van der Waals surface area contributed by atoms with Crippen LogP contribution in [0.25, 0.3) is 0 Å². The third kappa shape index (κ3) is 2.59. The van der Waals surface area contributed by atoms with Gasteiger partial charge in [-0.1, -0.05) is 0 Å². The van der Waals surface area contributed by atoms with Crippen LogP contribution in [0.4, 0.5) is 0 Å². The van der Waals surface area contributed by atoms with E-state index < -0.39 is 5.54 Å². The van der Waals surface area contributed by atoms with E-state index in [0.717, 1.165) is 55.8 Å². The number of carbonyl (C=O) groups excluding carboxylic acids is 1. The van der Waals surface area contributed by atoms with Gasteiger partial charge in [-0.05, 0) is 43.6 Å². The molecule has 0 bridgehead atoms. The molecule has 0 spiro atoms. The monoisotopic (exact) mass is 295 g/mol. The molecule has 2 aliphatic rings. The van der Waals surface area contributed by atoms with E-state index in [9.17, 15) is 9.90 Å². The Bertz CT molecular complexity index is 495. The summed E-state index contributed by atoms with van der Waals surface area (Å²) in [4.78, 5) is 16.8. The summed E-state index contributed by atoms with van der Waals surface area (Å²) in [6.07, 6.45) is 6.62. The summed E-state index contributed by atoms with van der Waals surface area (Å²) < 4.78 is 2.08. The molecule has 0 aromatic carbocycles. The Labute approximate surface area is 123 Å². The molecule has 0 atom stereocenters. The minimum absolute atomic E-state index is 0.00927. The quantitative estimate of drug-likeness (QED) is 0.879. The predicted molar refractivity (Wildman–Crippen MR) is 79.0 cm³/mol. The van der Waals surface area contributed by atoms with Crippen LogP contribution < -0.4 is 5.32 Å². The Kier molecular flexibility index (Phi) is 4.03. The van der Waals surface area contributed by atoms with Crippen LogP contribution in [0.5, 0.6) is 0 Å². The Morgan fingerprint density at radius 3 is 3.00 bits per heavy atom. The van der Waals surface area contributed by atoms with E-state index in [1.807, 2.05) is 11.8 Å². The molecule has 1 amide bonds. The Hall–Kier alpha value is -1.01. The second-order valence-corrected chi connectivity index (χ2v) is 6.92. The number of aromatic nitrogens is 2. The molecule has 1 aromatic heterocycles. The number of aryl methyl sites for hydroxylation is 1. The van der Waals surface area contributed by atoms with Gasteiger partial charge in [0.1, 0.15) is 5.69 Å². The van der Waals surface area contributed by atoms with Crippen molar-refractivity contribution < 1.29 is 9.90 Å². The zero-order chi connectivity index (χ0) is 14.0. The van der Waals surface area contributed by atoms with Gasteiger partial charge in [0.2, 0.25) is 0 Å². The number of nitrogens with zero attached hydrogens (tertiary/aromatic N) is 2. The average Bonchev–Trinajstić information content (AvgIpc) is 2.92. The number of amides is 1. The number of nitrogens with one attached hydrogen (secondary N) is 1. The van der Waals surface area contributed by atoms with Crippen molar-refractivity contribution in [1.29, 1.82) is 0 Å². The minimum Gasteiger partial charge on any atom is -0.394 e. The Morgan fingerprint density at radius 1 is 1.45 bits per heavy atom. The lowest BCUT2D eigenvalue weighted by Gasteiger charge is -2.36. The number of hydrogen-bond acceptors (Lipinski definition) is 4. The van der Waals surface area contributed by atoms with Gasteiger partial charge in [0.15, 0.2) is 0 Å². The van der Waals surface area contributed by atoms with E-state index in [1.54, 1.807) is 6.33 Å². The predicted octanol–water partition coefficient (Wildman–Crippen LogP) is 1.21. The summed E-state index contributed by atoms with van der Waals surface area (Å²) in [5.74, 6) is 1.85. The largest absolute Gasteiger partial charge is 0.394 e. The summed E-state index contributed by atoms with van der Waals surface area (Å²) in [5.41, 5.74) is 1.15. The molecule has 1 fully saturated rings. The van der Waals surface area contributed by atoms with Crippen LogP contribution in [0.1, 0.15) is 41.9 Å². The molecule has 110 valence electrons. The third-order valence-electron chi connectivity index (χ3n) is 4.36. The van der Waals surface area contributed by atoms with E-state index in [2.05, 4.69) is 14.9 Å². The van der Waals surface area contributed by atoms with Gasteiger partial charge < -0.3 is 15.0 Å². The molecule has 0 unspecified atom stereocenters. The average molecular weight is 295 g/mol. The molecule has 0 saturated carbocycles. The van der Waals surface area contributed by atoms with Gasteiger partial charge in [-0.3, -0.25) is 4.79 Å². The molecule has 3 rings (SSSR count). The highest BCUT2D eigenvalue weighted by Gasteiger charge is 2.34. The molecule has 20 heavy (non-hydrogen) atoms. The molecule has 1 saturated heterocycles. The van der Waals surface area contributed by atoms with E-state index in [4.69, 9.17) is 0 Å². The second kappa shape index (κ2) is 5.77. The Balaban J connectivity index is 1.77. The van der Waals surface area contributed by atoms with Gasteiger partial charge in [0.25, 0.3) is 5.91 Å². The standard InChI is InChI=1S/C14H21N3O2S/c18-9-14(4-7-20-8-5-14)16-13(19)12-11-3-1-2-6-17(11)10-15-12/h10,18H,1-9H2,(H,16,19). The second-order valence-electron chi connectivity index (χ2n) is 5.70. The lowest BCUT2D eigenvalue weighted by Crippen LogP contribution is -2.53. The number of aliphatic hydroxyl groups excluding tert-OH is 1. The van der Waals surface area contributed by atoms with Gasteiger partial charge in [-0.2, -0.15) is 11.8 Å². The lowest BCUT2D eigenvalue weighted by atomic mass is 9.93. The highest BCUT2D eigenvalue weighted by molar-refractivity contribution is 7.99.